The molecule has 0 saturated carbocycles. The molecule has 2 aromatic heterocycles. The standard InChI is InChI=1S/C22H18Cl2FN7O/c1-11-7-19(32-31-11)29-20-16(24)10-27-22(30-20)28-18-9-15(23)14(8-17(18)25)12-3-5-13(6-4-12)21(33)26-2/h3-10H,1-2H3,(H,26,33)(H3,27,28,29,30,31,32). The third kappa shape index (κ3) is 5.05. The quantitative estimate of drug-likeness (QED) is 0.288. The van der Waals surface area contributed by atoms with E-state index < -0.39 is 5.82 Å². The van der Waals surface area contributed by atoms with Gasteiger partial charge in [0.15, 0.2) is 11.6 Å². The fraction of sp³-hybridized carbons (Fsp3) is 0.0909. The average Bonchev–Trinajstić information content (AvgIpc) is 3.22. The van der Waals surface area contributed by atoms with Crippen molar-refractivity contribution in [1.82, 2.24) is 25.5 Å². The highest BCUT2D eigenvalue weighted by molar-refractivity contribution is 6.33. The van der Waals surface area contributed by atoms with Crippen molar-refractivity contribution in [2.45, 2.75) is 6.92 Å². The Labute approximate surface area is 198 Å². The number of nitrogens with zero attached hydrogens (tertiary/aromatic N) is 3. The largest absolute Gasteiger partial charge is 0.355 e. The van der Waals surface area contributed by atoms with Crippen molar-refractivity contribution in [1.29, 1.82) is 0 Å². The smallest absolute Gasteiger partial charge is 0.251 e. The molecular weight excluding hydrogens is 468 g/mol. The summed E-state index contributed by atoms with van der Waals surface area (Å²) in [5, 5.41) is 15.8. The lowest BCUT2D eigenvalue weighted by molar-refractivity contribution is 0.0963. The minimum absolute atomic E-state index is 0.0922. The SMILES string of the molecule is CNC(=O)c1ccc(-c2cc(F)c(Nc3ncc(Cl)c(Nc4cc(C)[nH]n4)n3)cc2Cl)cc1. The van der Waals surface area contributed by atoms with Crippen LogP contribution in [0.3, 0.4) is 0 Å². The van der Waals surface area contributed by atoms with E-state index in [0.29, 0.717) is 33.3 Å². The van der Waals surface area contributed by atoms with Gasteiger partial charge in [-0.3, -0.25) is 9.89 Å². The number of aromatic amines is 1. The van der Waals surface area contributed by atoms with Crippen LogP contribution in [-0.4, -0.2) is 33.1 Å². The van der Waals surface area contributed by atoms with E-state index in [2.05, 4.69) is 36.1 Å². The molecule has 8 nitrogen and oxygen atoms in total. The van der Waals surface area contributed by atoms with Gasteiger partial charge in [-0.15, -0.1) is 0 Å². The maximum Gasteiger partial charge on any atom is 0.251 e. The summed E-state index contributed by atoms with van der Waals surface area (Å²) in [6, 6.07) is 11.2. The van der Waals surface area contributed by atoms with Gasteiger partial charge in [0.05, 0.1) is 16.9 Å². The number of anilines is 4. The number of halogens is 3. The molecule has 1 amide bonds. The van der Waals surface area contributed by atoms with Crippen molar-refractivity contribution < 1.29 is 9.18 Å². The summed E-state index contributed by atoms with van der Waals surface area (Å²) < 4.78 is 14.9. The monoisotopic (exact) mass is 485 g/mol. The van der Waals surface area contributed by atoms with Gasteiger partial charge in [-0.2, -0.15) is 10.1 Å². The van der Waals surface area contributed by atoms with E-state index in [1.807, 2.05) is 6.92 Å². The number of benzene rings is 2. The molecular formula is C22H18Cl2FN7O. The number of amides is 1. The minimum atomic E-state index is -0.555. The molecule has 0 aliphatic carbocycles. The van der Waals surface area contributed by atoms with Crippen molar-refractivity contribution in [3.63, 3.8) is 0 Å². The van der Waals surface area contributed by atoms with E-state index in [9.17, 15) is 9.18 Å². The average molecular weight is 486 g/mol. The van der Waals surface area contributed by atoms with E-state index in [1.165, 1.54) is 18.3 Å². The molecule has 4 N–H and O–H groups in total. The summed E-state index contributed by atoms with van der Waals surface area (Å²) in [5.41, 5.74) is 2.60. The zero-order valence-electron chi connectivity index (χ0n) is 17.5. The Morgan fingerprint density at radius 2 is 1.82 bits per heavy atom. The zero-order valence-corrected chi connectivity index (χ0v) is 19.0. The van der Waals surface area contributed by atoms with Crippen LogP contribution in [0.2, 0.25) is 10.0 Å². The molecule has 0 radical (unpaired) electrons. The molecule has 168 valence electrons. The molecule has 0 saturated heterocycles. The van der Waals surface area contributed by atoms with Gasteiger partial charge < -0.3 is 16.0 Å². The molecule has 0 atom stereocenters. The molecule has 0 fully saturated rings. The number of H-pyrrole nitrogens is 1. The third-order valence-corrected chi connectivity index (χ3v) is 5.27. The third-order valence-electron chi connectivity index (χ3n) is 4.68. The van der Waals surface area contributed by atoms with Crippen molar-refractivity contribution in [3.05, 3.63) is 75.8 Å². The van der Waals surface area contributed by atoms with Gasteiger partial charge in [0.1, 0.15) is 10.8 Å². The van der Waals surface area contributed by atoms with Crippen LogP contribution in [0.5, 0.6) is 0 Å². The Balaban J connectivity index is 1.57. The summed E-state index contributed by atoms with van der Waals surface area (Å²) in [5.74, 6) is 0.185. The van der Waals surface area contributed by atoms with E-state index in [1.54, 1.807) is 37.4 Å². The van der Waals surface area contributed by atoms with E-state index in [0.717, 1.165) is 5.69 Å². The number of carbonyl (C=O) groups excluding carboxylic acids is 1. The molecule has 4 rings (SSSR count). The number of carbonyl (C=O) groups is 1. The lowest BCUT2D eigenvalue weighted by Gasteiger charge is -2.12. The molecule has 11 heteroatoms. The van der Waals surface area contributed by atoms with Crippen molar-refractivity contribution in [2.75, 3.05) is 17.7 Å². The maximum atomic E-state index is 14.9. The van der Waals surface area contributed by atoms with Crippen LogP contribution in [0.15, 0.2) is 48.7 Å². The van der Waals surface area contributed by atoms with Crippen LogP contribution in [-0.2, 0) is 0 Å². The number of aromatic nitrogens is 4. The molecule has 33 heavy (non-hydrogen) atoms. The molecule has 0 spiro atoms. The van der Waals surface area contributed by atoms with Gasteiger partial charge in [-0.25, -0.2) is 9.37 Å². The second kappa shape index (κ2) is 9.43. The number of hydrogen-bond donors (Lipinski definition) is 4. The first-order valence-electron chi connectivity index (χ1n) is 9.74. The van der Waals surface area contributed by atoms with Crippen molar-refractivity contribution in [3.8, 4) is 11.1 Å². The Morgan fingerprint density at radius 1 is 1.06 bits per heavy atom. The Hall–Kier alpha value is -3.69. The molecule has 2 aromatic carbocycles. The van der Waals surface area contributed by atoms with Gasteiger partial charge in [-0.1, -0.05) is 35.3 Å². The normalized spacial score (nSPS) is 10.7. The molecule has 0 bridgehead atoms. The van der Waals surface area contributed by atoms with Crippen molar-refractivity contribution in [2.24, 2.45) is 0 Å². The molecule has 0 aliphatic heterocycles. The van der Waals surface area contributed by atoms with Gasteiger partial charge in [0.2, 0.25) is 5.95 Å². The second-order valence-electron chi connectivity index (χ2n) is 7.04. The molecule has 0 unspecified atom stereocenters. The van der Waals surface area contributed by atoms with Crippen LogP contribution in [0.4, 0.5) is 27.7 Å². The maximum absolute atomic E-state index is 14.9. The van der Waals surface area contributed by atoms with E-state index in [4.69, 9.17) is 23.2 Å². The van der Waals surface area contributed by atoms with Crippen LogP contribution in [0, 0.1) is 12.7 Å². The van der Waals surface area contributed by atoms with Gasteiger partial charge >= 0.3 is 0 Å². The van der Waals surface area contributed by atoms with Crippen LogP contribution in [0.25, 0.3) is 11.1 Å². The lowest BCUT2D eigenvalue weighted by atomic mass is 10.0. The molecule has 2 heterocycles. The summed E-state index contributed by atoms with van der Waals surface area (Å²) >= 11 is 12.6. The number of aryl methyl sites for hydroxylation is 1. The fourth-order valence-electron chi connectivity index (χ4n) is 3.05. The molecule has 0 aliphatic rings. The van der Waals surface area contributed by atoms with E-state index in [-0.39, 0.29) is 22.6 Å². The number of hydrogen-bond acceptors (Lipinski definition) is 6. The topological polar surface area (TPSA) is 108 Å². The predicted octanol–water partition coefficient (Wildman–Crippen LogP) is 5.47. The summed E-state index contributed by atoms with van der Waals surface area (Å²) in [4.78, 5) is 20.1. The van der Waals surface area contributed by atoms with Gasteiger partial charge in [0.25, 0.3) is 5.91 Å². The highest BCUT2D eigenvalue weighted by Crippen LogP contribution is 2.34. The summed E-state index contributed by atoms with van der Waals surface area (Å²) in [7, 11) is 1.55. The minimum Gasteiger partial charge on any atom is -0.355 e. The predicted molar refractivity (Wildman–Crippen MR) is 127 cm³/mol. The molecule has 4 aromatic rings. The Morgan fingerprint density at radius 3 is 2.48 bits per heavy atom. The van der Waals surface area contributed by atoms with Gasteiger partial charge in [-0.05, 0) is 36.8 Å². The number of nitrogens with one attached hydrogen (secondary N) is 4. The first-order chi connectivity index (χ1) is 15.8. The number of rotatable bonds is 6. The first-order valence-corrected chi connectivity index (χ1v) is 10.5. The van der Waals surface area contributed by atoms with Crippen molar-refractivity contribution >= 4 is 52.4 Å². The van der Waals surface area contributed by atoms with Gasteiger partial charge in [0, 0.05) is 29.9 Å². The Bertz CT molecular complexity index is 1330. The summed E-state index contributed by atoms with van der Waals surface area (Å²) in [6.07, 6.45) is 1.39. The Kier molecular flexibility index (Phi) is 6.43. The second-order valence-corrected chi connectivity index (χ2v) is 7.86. The van der Waals surface area contributed by atoms with Crippen LogP contribution >= 0.6 is 23.2 Å². The first kappa shape index (κ1) is 22.5. The fourth-order valence-corrected chi connectivity index (χ4v) is 3.46. The van der Waals surface area contributed by atoms with Crippen LogP contribution in [0.1, 0.15) is 16.1 Å². The summed E-state index contributed by atoms with van der Waals surface area (Å²) in [6.45, 7) is 1.86. The van der Waals surface area contributed by atoms with Crippen LogP contribution < -0.4 is 16.0 Å². The zero-order chi connectivity index (χ0) is 23.5. The lowest BCUT2D eigenvalue weighted by Crippen LogP contribution is -2.17. The highest BCUT2D eigenvalue weighted by Gasteiger charge is 2.14. The highest BCUT2D eigenvalue weighted by atomic mass is 35.5. The van der Waals surface area contributed by atoms with E-state index >= 15 is 0 Å².